The Morgan fingerprint density at radius 2 is 1.89 bits per heavy atom. The SMILES string of the molecule is CS(=O)(=O)c1ccc(N[C@H]2c3cc(Cl)cc(Cl)c3C[C@@H]2N2CCC(O)C2)cc1. The first-order chi connectivity index (χ1) is 13.2. The summed E-state index contributed by atoms with van der Waals surface area (Å²) in [4.78, 5) is 2.58. The highest BCUT2D eigenvalue weighted by Crippen LogP contribution is 2.42. The summed E-state index contributed by atoms with van der Waals surface area (Å²) in [6, 6.07) is 10.5. The Hall–Kier alpha value is -1.31. The molecule has 1 unspecified atom stereocenters. The van der Waals surface area contributed by atoms with Gasteiger partial charge in [-0.05, 0) is 60.4 Å². The van der Waals surface area contributed by atoms with Gasteiger partial charge in [-0.25, -0.2) is 8.42 Å². The van der Waals surface area contributed by atoms with Crippen LogP contribution >= 0.6 is 23.2 Å². The zero-order chi connectivity index (χ0) is 20.1. The Morgan fingerprint density at radius 1 is 1.18 bits per heavy atom. The zero-order valence-corrected chi connectivity index (χ0v) is 17.7. The molecule has 150 valence electrons. The van der Waals surface area contributed by atoms with Crippen molar-refractivity contribution in [2.24, 2.45) is 0 Å². The molecule has 2 N–H and O–H groups in total. The lowest BCUT2D eigenvalue weighted by atomic mass is 10.1. The number of likely N-dealkylation sites (tertiary alicyclic amines) is 1. The van der Waals surface area contributed by atoms with Crippen LogP contribution in [0.1, 0.15) is 23.6 Å². The Balaban J connectivity index is 1.67. The summed E-state index contributed by atoms with van der Waals surface area (Å²) in [5.41, 5.74) is 2.95. The molecule has 0 spiro atoms. The van der Waals surface area contributed by atoms with Crippen molar-refractivity contribution in [1.29, 1.82) is 0 Å². The van der Waals surface area contributed by atoms with Crippen LogP contribution in [0.25, 0.3) is 0 Å². The normalized spacial score (nSPS) is 25.1. The summed E-state index contributed by atoms with van der Waals surface area (Å²) in [7, 11) is -3.24. The lowest BCUT2D eigenvalue weighted by Crippen LogP contribution is -2.39. The topological polar surface area (TPSA) is 69.6 Å². The van der Waals surface area contributed by atoms with Crippen LogP contribution in [0.3, 0.4) is 0 Å². The molecular formula is C20H22Cl2N2O3S. The molecule has 0 saturated carbocycles. The van der Waals surface area contributed by atoms with Gasteiger partial charge >= 0.3 is 0 Å². The number of nitrogens with zero attached hydrogens (tertiary/aromatic N) is 1. The van der Waals surface area contributed by atoms with E-state index in [0.717, 1.165) is 36.2 Å². The Morgan fingerprint density at radius 3 is 2.50 bits per heavy atom. The van der Waals surface area contributed by atoms with Gasteiger partial charge in [-0.1, -0.05) is 23.2 Å². The van der Waals surface area contributed by atoms with E-state index in [1.165, 1.54) is 6.26 Å². The predicted octanol–water partition coefficient (Wildman–Crippen LogP) is 3.54. The van der Waals surface area contributed by atoms with Crippen LogP contribution in [0, 0.1) is 0 Å². The smallest absolute Gasteiger partial charge is 0.175 e. The maximum atomic E-state index is 11.7. The molecule has 1 fully saturated rings. The van der Waals surface area contributed by atoms with Gasteiger partial charge in [0, 0.05) is 41.1 Å². The molecule has 0 aromatic heterocycles. The number of hydrogen-bond acceptors (Lipinski definition) is 5. The van der Waals surface area contributed by atoms with Gasteiger partial charge in [-0.2, -0.15) is 0 Å². The maximum absolute atomic E-state index is 11.7. The minimum absolute atomic E-state index is 0.0550. The highest BCUT2D eigenvalue weighted by Gasteiger charge is 2.40. The number of anilines is 1. The number of nitrogens with one attached hydrogen (secondary N) is 1. The molecule has 2 aliphatic rings. The standard InChI is InChI=1S/C20H22Cl2N2O3S/c1-28(26,27)15-4-2-13(3-5-15)23-20-17-8-12(21)9-18(22)16(17)10-19(20)24-7-6-14(25)11-24/h2-5,8-9,14,19-20,23,25H,6-7,10-11H2,1H3/t14?,19-,20-/m0/s1. The summed E-state index contributed by atoms with van der Waals surface area (Å²) in [5.74, 6) is 0. The van der Waals surface area contributed by atoms with Crippen molar-refractivity contribution < 1.29 is 13.5 Å². The third-order valence-corrected chi connectivity index (χ3v) is 7.28. The first kappa shape index (κ1) is 20.0. The van der Waals surface area contributed by atoms with Crippen LogP contribution in [0.5, 0.6) is 0 Å². The van der Waals surface area contributed by atoms with Gasteiger partial charge in [0.15, 0.2) is 9.84 Å². The predicted molar refractivity (Wildman–Crippen MR) is 112 cm³/mol. The number of halogens is 2. The highest BCUT2D eigenvalue weighted by atomic mass is 35.5. The summed E-state index contributed by atoms with van der Waals surface area (Å²) < 4.78 is 23.4. The molecule has 0 bridgehead atoms. The minimum Gasteiger partial charge on any atom is -0.392 e. The maximum Gasteiger partial charge on any atom is 0.175 e. The number of fused-ring (bicyclic) bond motifs is 1. The van der Waals surface area contributed by atoms with Gasteiger partial charge in [0.05, 0.1) is 17.0 Å². The summed E-state index contributed by atoms with van der Waals surface area (Å²) in [5, 5.41) is 14.8. The molecule has 2 aromatic rings. The number of β-amino-alcohol motifs (C(OH)–C–C–N with tert-alkyl or cyclic N) is 1. The molecule has 2 aromatic carbocycles. The van der Waals surface area contributed by atoms with E-state index >= 15 is 0 Å². The van der Waals surface area contributed by atoms with E-state index in [1.807, 2.05) is 6.07 Å². The number of aliphatic hydroxyl groups excluding tert-OH is 1. The van der Waals surface area contributed by atoms with E-state index in [2.05, 4.69) is 10.2 Å². The average molecular weight is 441 g/mol. The van der Waals surface area contributed by atoms with Gasteiger partial charge in [-0.15, -0.1) is 0 Å². The van der Waals surface area contributed by atoms with Gasteiger partial charge in [0.1, 0.15) is 0 Å². The second kappa shape index (κ2) is 7.50. The molecule has 1 saturated heterocycles. The lowest BCUT2D eigenvalue weighted by molar-refractivity contribution is 0.155. The number of benzene rings is 2. The van der Waals surface area contributed by atoms with Crippen LogP contribution in [0.4, 0.5) is 5.69 Å². The number of sulfone groups is 1. The Bertz CT molecular complexity index is 995. The van der Waals surface area contributed by atoms with E-state index in [4.69, 9.17) is 23.2 Å². The molecule has 1 aliphatic heterocycles. The van der Waals surface area contributed by atoms with Crippen LogP contribution in [0.15, 0.2) is 41.3 Å². The van der Waals surface area contributed by atoms with Crippen LogP contribution in [-0.4, -0.2) is 49.9 Å². The second-order valence-electron chi connectivity index (χ2n) is 7.58. The molecule has 5 nitrogen and oxygen atoms in total. The molecule has 0 radical (unpaired) electrons. The molecule has 4 rings (SSSR count). The molecule has 8 heteroatoms. The van der Waals surface area contributed by atoms with Gasteiger partial charge < -0.3 is 10.4 Å². The van der Waals surface area contributed by atoms with Gasteiger partial charge in [-0.3, -0.25) is 4.90 Å². The Labute approximate surface area is 175 Å². The molecule has 28 heavy (non-hydrogen) atoms. The van der Waals surface area contributed by atoms with E-state index < -0.39 is 9.84 Å². The Kier molecular flexibility index (Phi) is 5.35. The molecular weight excluding hydrogens is 419 g/mol. The molecule has 1 heterocycles. The first-order valence-corrected chi connectivity index (χ1v) is 11.8. The van der Waals surface area contributed by atoms with Crippen molar-refractivity contribution in [1.82, 2.24) is 4.90 Å². The van der Waals surface area contributed by atoms with Crippen molar-refractivity contribution in [3.05, 3.63) is 57.6 Å². The van der Waals surface area contributed by atoms with Gasteiger partial charge in [0.25, 0.3) is 0 Å². The third-order valence-electron chi connectivity index (χ3n) is 5.60. The van der Waals surface area contributed by atoms with Crippen LogP contribution < -0.4 is 5.32 Å². The fourth-order valence-electron chi connectivity index (χ4n) is 4.21. The van der Waals surface area contributed by atoms with Crippen molar-refractivity contribution in [2.45, 2.75) is 35.9 Å². The quantitative estimate of drug-likeness (QED) is 0.760. The highest BCUT2D eigenvalue weighted by molar-refractivity contribution is 7.90. The van der Waals surface area contributed by atoms with E-state index in [1.54, 1.807) is 30.3 Å². The zero-order valence-electron chi connectivity index (χ0n) is 15.4. The van der Waals surface area contributed by atoms with E-state index in [-0.39, 0.29) is 23.1 Å². The van der Waals surface area contributed by atoms with Crippen molar-refractivity contribution in [3.63, 3.8) is 0 Å². The number of aliphatic hydroxyl groups is 1. The fraction of sp³-hybridized carbons (Fsp3) is 0.400. The van der Waals surface area contributed by atoms with Crippen molar-refractivity contribution in [3.8, 4) is 0 Å². The lowest BCUT2D eigenvalue weighted by Gasteiger charge is -2.31. The average Bonchev–Trinajstić information content (AvgIpc) is 3.19. The summed E-state index contributed by atoms with van der Waals surface area (Å²) in [6.45, 7) is 1.46. The van der Waals surface area contributed by atoms with Crippen molar-refractivity contribution >= 4 is 38.7 Å². The second-order valence-corrected chi connectivity index (χ2v) is 10.4. The summed E-state index contributed by atoms with van der Waals surface area (Å²) in [6.07, 6.45) is 2.42. The van der Waals surface area contributed by atoms with Crippen molar-refractivity contribution in [2.75, 3.05) is 24.7 Å². The van der Waals surface area contributed by atoms with Crippen LogP contribution in [0.2, 0.25) is 10.0 Å². The minimum atomic E-state index is -3.24. The summed E-state index contributed by atoms with van der Waals surface area (Å²) >= 11 is 12.7. The number of hydrogen-bond donors (Lipinski definition) is 2. The molecule has 0 amide bonds. The van der Waals surface area contributed by atoms with E-state index in [0.29, 0.717) is 16.6 Å². The first-order valence-electron chi connectivity index (χ1n) is 9.19. The fourth-order valence-corrected chi connectivity index (χ4v) is 5.43. The third kappa shape index (κ3) is 3.89. The largest absolute Gasteiger partial charge is 0.392 e. The number of rotatable bonds is 4. The molecule has 1 aliphatic carbocycles. The van der Waals surface area contributed by atoms with E-state index in [9.17, 15) is 13.5 Å². The van der Waals surface area contributed by atoms with Crippen LogP contribution in [-0.2, 0) is 16.3 Å². The monoisotopic (exact) mass is 440 g/mol. The molecule has 3 atom stereocenters. The van der Waals surface area contributed by atoms with Gasteiger partial charge in [0.2, 0.25) is 0 Å².